The van der Waals surface area contributed by atoms with Gasteiger partial charge in [-0.05, 0) is 100 Å². The van der Waals surface area contributed by atoms with Crippen LogP contribution in [0.1, 0.15) is 48.9 Å². The number of benzene rings is 1. The standard InChI is InChI=1S/C27H27N3O4S2/c1-13-8-14(2)10-20(9-13)30-24(32)21(23(31)28-27(30)35)12-19-11-15(3)29(17(19)5)25-22(26(33)34-7)16(4)18(6)36-25/h8-12H,1-7H3,(H,28,31,35)/b21-12+. The fourth-order valence-electron chi connectivity index (χ4n) is 4.48. The lowest BCUT2D eigenvalue weighted by atomic mass is 10.1. The maximum atomic E-state index is 13.5. The summed E-state index contributed by atoms with van der Waals surface area (Å²) in [4.78, 5) is 41.3. The van der Waals surface area contributed by atoms with Gasteiger partial charge < -0.3 is 9.30 Å². The number of nitrogens with zero attached hydrogens (tertiary/aromatic N) is 2. The van der Waals surface area contributed by atoms with Crippen molar-refractivity contribution < 1.29 is 19.1 Å². The van der Waals surface area contributed by atoms with E-state index in [-0.39, 0.29) is 10.7 Å². The molecule has 0 bridgehead atoms. The SMILES string of the molecule is COC(=O)c1c(-n2c(C)cc(/C=C3\C(=O)NC(=S)N(c4cc(C)cc(C)c4)C3=O)c2C)sc(C)c1C. The number of hydrogen-bond acceptors (Lipinski definition) is 6. The maximum absolute atomic E-state index is 13.5. The molecule has 9 heteroatoms. The van der Waals surface area contributed by atoms with Crippen molar-refractivity contribution in [3.05, 3.63) is 73.9 Å². The van der Waals surface area contributed by atoms with Gasteiger partial charge in [0, 0.05) is 16.3 Å². The van der Waals surface area contributed by atoms with Gasteiger partial charge in [0.1, 0.15) is 10.6 Å². The van der Waals surface area contributed by atoms with Crippen molar-refractivity contribution in [1.29, 1.82) is 0 Å². The van der Waals surface area contributed by atoms with Crippen LogP contribution in [0.4, 0.5) is 5.69 Å². The third-order valence-electron chi connectivity index (χ3n) is 6.30. The summed E-state index contributed by atoms with van der Waals surface area (Å²) in [5.41, 5.74) is 6.27. The zero-order valence-corrected chi connectivity index (χ0v) is 22.9. The first-order chi connectivity index (χ1) is 16.9. The number of aryl methyl sites for hydroxylation is 4. The quantitative estimate of drug-likeness (QED) is 0.226. The van der Waals surface area contributed by atoms with Crippen LogP contribution in [0.25, 0.3) is 11.1 Å². The maximum Gasteiger partial charge on any atom is 0.341 e. The largest absolute Gasteiger partial charge is 0.465 e. The third-order valence-corrected chi connectivity index (χ3v) is 7.77. The highest BCUT2D eigenvalue weighted by molar-refractivity contribution is 7.80. The molecule has 7 nitrogen and oxygen atoms in total. The lowest BCUT2D eigenvalue weighted by Gasteiger charge is -2.29. The summed E-state index contributed by atoms with van der Waals surface area (Å²) in [6.45, 7) is 11.5. The molecule has 0 unspecified atom stereocenters. The van der Waals surface area contributed by atoms with Crippen LogP contribution < -0.4 is 10.2 Å². The van der Waals surface area contributed by atoms with Gasteiger partial charge in [-0.1, -0.05) is 6.07 Å². The number of nitrogens with one attached hydrogen (secondary N) is 1. The predicted molar refractivity (Wildman–Crippen MR) is 146 cm³/mol. The molecule has 1 aliphatic rings. The van der Waals surface area contributed by atoms with Crippen LogP contribution in [0.3, 0.4) is 0 Å². The van der Waals surface area contributed by atoms with E-state index in [1.54, 1.807) is 6.08 Å². The van der Waals surface area contributed by atoms with Crippen LogP contribution in [-0.2, 0) is 14.3 Å². The van der Waals surface area contributed by atoms with E-state index >= 15 is 0 Å². The number of rotatable bonds is 4. The first-order valence-electron chi connectivity index (χ1n) is 11.3. The van der Waals surface area contributed by atoms with E-state index in [0.717, 1.165) is 38.0 Å². The van der Waals surface area contributed by atoms with Gasteiger partial charge in [0.15, 0.2) is 5.11 Å². The first-order valence-corrected chi connectivity index (χ1v) is 12.5. The molecule has 0 saturated carbocycles. The Labute approximate surface area is 219 Å². The minimum Gasteiger partial charge on any atom is -0.465 e. The van der Waals surface area contributed by atoms with Crippen LogP contribution in [0.2, 0.25) is 0 Å². The Hall–Kier alpha value is -3.56. The number of thiocarbonyl (C=S) groups is 1. The number of esters is 1. The van der Waals surface area contributed by atoms with E-state index in [9.17, 15) is 14.4 Å². The number of methoxy groups -OCH3 is 1. The van der Waals surface area contributed by atoms with Gasteiger partial charge in [-0.25, -0.2) is 4.79 Å². The average Bonchev–Trinajstić information content (AvgIpc) is 3.23. The number of ether oxygens (including phenoxy) is 1. The number of hydrogen-bond donors (Lipinski definition) is 1. The highest BCUT2D eigenvalue weighted by Crippen LogP contribution is 2.35. The van der Waals surface area contributed by atoms with Gasteiger partial charge >= 0.3 is 5.97 Å². The lowest BCUT2D eigenvalue weighted by Crippen LogP contribution is -2.54. The molecule has 1 saturated heterocycles. The second-order valence-electron chi connectivity index (χ2n) is 8.92. The van der Waals surface area contributed by atoms with E-state index in [0.29, 0.717) is 16.8 Å². The number of carbonyl (C=O) groups excluding carboxylic acids is 3. The molecule has 0 radical (unpaired) electrons. The Kier molecular flexibility index (Phi) is 6.72. The molecule has 1 N–H and O–H groups in total. The van der Waals surface area contributed by atoms with Gasteiger partial charge in [0.2, 0.25) is 0 Å². The zero-order chi connectivity index (χ0) is 26.5. The van der Waals surface area contributed by atoms with Crippen LogP contribution in [0, 0.1) is 41.5 Å². The van der Waals surface area contributed by atoms with Crippen LogP contribution in [0.5, 0.6) is 0 Å². The molecule has 186 valence electrons. The highest BCUT2D eigenvalue weighted by Gasteiger charge is 2.35. The number of aromatic nitrogens is 1. The molecule has 3 aromatic rings. The molecule has 3 heterocycles. The predicted octanol–water partition coefficient (Wildman–Crippen LogP) is 5.01. The van der Waals surface area contributed by atoms with E-state index < -0.39 is 17.8 Å². The highest BCUT2D eigenvalue weighted by atomic mass is 32.1. The van der Waals surface area contributed by atoms with Gasteiger partial charge in [-0.15, -0.1) is 11.3 Å². The number of thiophene rings is 1. The fraction of sp³-hybridized carbons (Fsp3) is 0.259. The Balaban J connectivity index is 1.82. The van der Waals surface area contributed by atoms with Crippen molar-refractivity contribution in [1.82, 2.24) is 9.88 Å². The van der Waals surface area contributed by atoms with Gasteiger partial charge in [0.25, 0.3) is 11.8 Å². The Morgan fingerprint density at radius 3 is 2.28 bits per heavy atom. The van der Waals surface area contributed by atoms with Gasteiger partial charge in [-0.3, -0.25) is 19.8 Å². The van der Waals surface area contributed by atoms with E-state index in [2.05, 4.69) is 5.32 Å². The molecule has 4 rings (SSSR count). The zero-order valence-electron chi connectivity index (χ0n) is 21.2. The molecule has 36 heavy (non-hydrogen) atoms. The van der Waals surface area contributed by atoms with Crippen LogP contribution in [0.15, 0.2) is 29.8 Å². The molecule has 1 fully saturated rings. The summed E-state index contributed by atoms with van der Waals surface area (Å²) >= 11 is 6.84. The minimum absolute atomic E-state index is 0.0188. The Morgan fingerprint density at radius 2 is 1.67 bits per heavy atom. The van der Waals surface area contributed by atoms with Crippen molar-refractivity contribution >= 4 is 58.2 Å². The summed E-state index contributed by atoms with van der Waals surface area (Å²) in [7, 11) is 1.36. The monoisotopic (exact) mass is 521 g/mol. The van der Waals surface area contributed by atoms with E-state index in [4.69, 9.17) is 17.0 Å². The average molecular weight is 522 g/mol. The molecular weight excluding hydrogens is 494 g/mol. The van der Waals surface area contributed by atoms with Crippen molar-refractivity contribution in [2.75, 3.05) is 12.0 Å². The van der Waals surface area contributed by atoms with Crippen molar-refractivity contribution in [2.45, 2.75) is 41.5 Å². The molecule has 1 aromatic carbocycles. The van der Waals surface area contributed by atoms with Gasteiger partial charge in [0.05, 0.1) is 18.4 Å². The summed E-state index contributed by atoms with van der Waals surface area (Å²) in [5.74, 6) is -1.44. The third kappa shape index (κ3) is 4.29. The van der Waals surface area contributed by atoms with Crippen molar-refractivity contribution in [2.24, 2.45) is 0 Å². The minimum atomic E-state index is -0.548. The number of anilines is 1. The molecule has 2 amide bonds. The van der Waals surface area contributed by atoms with Crippen molar-refractivity contribution in [3.63, 3.8) is 0 Å². The smallest absolute Gasteiger partial charge is 0.341 e. The Morgan fingerprint density at radius 1 is 1.03 bits per heavy atom. The normalized spacial score (nSPS) is 15.0. The van der Waals surface area contributed by atoms with E-state index in [1.807, 2.05) is 70.4 Å². The van der Waals surface area contributed by atoms with Crippen LogP contribution in [-0.4, -0.2) is 34.6 Å². The number of amides is 2. The molecular formula is C27H27N3O4S2. The van der Waals surface area contributed by atoms with E-state index in [1.165, 1.54) is 23.3 Å². The number of carbonyl (C=O) groups is 3. The molecule has 0 atom stereocenters. The summed E-state index contributed by atoms with van der Waals surface area (Å²) in [6.07, 6.45) is 1.58. The lowest BCUT2D eigenvalue weighted by molar-refractivity contribution is -0.122. The summed E-state index contributed by atoms with van der Waals surface area (Å²) in [6, 6.07) is 7.60. The molecule has 0 aliphatic carbocycles. The molecule has 0 spiro atoms. The molecule has 2 aromatic heterocycles. The first kappa shape index (κ1) is 25.5. The molecule has 1 aliphatic heterocycles. The topological polar surface area (TPSA) is 80.6 Å². The second kappa shape index (κ2) is 9.48. The van der Waals surface area contributed by atoms with Crippen molar-refractivity contribution in [3.8, 4) is 5.00 Å². The van der Waals surface area contributed by atoms with Gasteiger partial charge in [-0.2, -0.15) is 0 Å². The summed E-state index contributed by atoms with van der Waals surface area (Å²) in [5, 5.41) is 3.44. The Bertz CT molecular complexity index is 1470. The fourth-order valence-corrected chi connectivity index (χ4v) is 6.02. The summed E-state index contributed by atoms with van der Waals surface area (Å²) < 4.78 is 7.00. The second-order valence-corrected chi connectivity index (χ2v) is 10.5. The van der Waals surface area contributed by atoms with Crippen LogP contribution >= 0.6 is 23.6 Å².